The van der Waals surface area contributed by atoms with Gasteiger partial charge >= 0.3 is 5.69 Å². The molecule has 0 aliphatic carbocycles. The summed E-state index contributed by atoms with van der Waals surface area (Å²) in [5.74, 6) is 0. The Hall–Kier alpha value is -1.59. The molecule has 0 unspecified atom stereocenters. The topological polar surface area (TPSA) is 50.3 Å². The number of nitrogens with zero attached hydrogens (tertiary/aromatic N) is 2. The Morgan fingerprint density at radius 1 is 1.27 bits per heavy atom. The highest BCUT2D eigenvalue weighted by Crippen LogP contribution is 2.24. The molecule has 0 saturated carbocycles. The fourth-order valence-electron chi connectivity index (χ4n) is 3.37. The molecule has 2 aromatic rings. The van der Waals surface area contributed by atoms with Gasteiger partial charge in [-0.15, -0.1) is 0 Å². The van der Waals surface area contributed by atoms with Crippen molar-refractivity contribution in [3.63, 3.8) is 0 Å². The van der Waals surface area contributed by atoms with Crippen LogP contribution in [0.2, 0.25) is 0 Å². The molecule has 0 bridgehead atoms. The van der Waals surface area contributed by atoms with Crippen molar-refractivity contribution in [2.75, 3.05) is 32.8 Å². The van der Waals surface area contributed by atoms with Crippen LogP contribution in [0.5, 0.6) is 0 Å². The number of benzene rings is 1. The molecule has 3 rings (SSSR count). The predicted molar refractivity (Wildman–Crippen MR) is 88.4 cm³/mol. The smallest absolute Gasteiger partial charge is 0.326 e. The van der Waals surface area contributed by atoms with Crippen molar-refractivity contribution in [1.82, 2.24) is 14.5 Å². The van der Waals surface area contributed by atoms with Crippen molar-refractivity contribution >= 4 is 11.0 Å². The second-order valence-electron chi connectivity index (χ2n) is 5.94. The van der Waals surface area contributed by atoms with Gasteiger partial charge in [-0.05, 0) is 38.3 Å². The van der Waals surface area contributed by atoms with Gasteiger partial charge in [-0.2, -0.15) is 0 Å². The highest BCUT2D eigenvalue weighted by Gasteiger charge is 2.23. The van der Waals surface area contributed by atoms with Crippen LogP contribution in [-0.4, -0.2) is 47.3 Å². The van der Waals surface area contributed by atoms with E-state index in [1.165, 1.54) is 0 Å². The number of piperidine rings is 1. The zero-order chi connectivity index (χ0) is 15.4. The molecule has 0 atom stereocenters. The summed E-state index contributed by atoms with van der Waals surface area (Å²) < 4.78 is 7.34. The van der Waals surface area contributed by atoms with Gasteiger partial charge in [-0.25, -0.2) is 4.79 Å². The minimum Gasteiger partial charge on any atom is -0.382 e. The third kappa shape index (κ3) is 3.25. The lowest BCUT2D eigenvalue weighted by Gasteiger charge is -2.32. The van der Waals surface area contributed by atoms with Gasteiger partial charge in [-0.1, -0.05) is 12.1 Å². The molecule has 5 nitrogen and oxygen atoms in total. The Morgan fingerprint density at radius 3 is 2.82 bits per heavy atom. The fraction of sp³-hybridized carbons (Fsp3) is 0.588. The van der Waals surface area contributed by atoms with E-state index in [0.717, 1.165) is 63.1 Å². The van der Waals surface area contributed by atoms with Crippen molar-refractivity contribution < 1.29 is 4.74 Å². The van der Waals surface area contributed by atoms with E-state index < -0.39 is 0 Å². The zero-order valence-electron chi connectivity index (χ0n) is 13.3. The summed E-state index contributed by atoms with van der Waals surface area (Å²) in [6.07, 6.45) is 3.16. The van der Waals surface area contributed by atoms with Crippen molar-refractivity contribution in [3.8, 4) is 0 Å². The second-order valence-corrected chi connectivity index (χ2v) is 5.94. The van der Waals surface area contributed by atoms with E-state index in [1.54, 1.807) is 0 Å². The molecule has 1 aromatic heterocycles. The first-order valence-corrected chi connectivity index (χ1v) is 8.29. The minimum atomic E-state index is 0.0241. The number of fused-ring (bicyclic) bond motifs is 1. The normalized spacial score (nSPS) is 17.3. The zero-order valence-corrected chi connectivity index (χ0v) is 13.3. The Bertz CT molecular complexity index is 653. The van der Waals surface area contributed by atoms with Crippen LogP contribution in [0, 0.1) is 0 Å². The first-order chi connectivity index (χ1) is 10.8. The van der Waals surface area contributed by atoms with Gasteiger partial charge in [0, 0.05) is 38.9 Å². The Labute approximate surface area is 130 Å². The molecule has 1 fully saturated rings. The maximum Gasteiger partial charge on any atom is 0.326 e. The largest absolute Gasteiger partial charge is 0.382 e. The molecule has 1 N–H and O–H groups in total. The SMILES string of the molecule is CCOCCCN1CCC(n2c(=O)[nH]c3ccccc32)CC1. The van der Waals surface area contributed by atoms with E-state index in [-0.39, 0.29) is 5.69 Å². The lowest BCUT2D eigenvalue weighted by atomic mass is 10.0. The molecule has 1 aromatic carbocycles. The van der Waals surface area contributed by atoms with Crippen LogP contribution in [0.25, 0.3) is 11.0 Å². The predicted octanol–water partition coefficient (Wildman–Crippen LogP) is 2.39. The minimum absolute atomic E-state index is 0.0241. The highest BCUT2D eigenvalue weighted by molar-refractivity contribution is 5.75. The summed E-state index contributed by atoms with van der Waals surface area (Å²) >= 11 is 0. The Balaban J connectivity index is 1.61. The first-order valence-electron chi connectivity index (χ1n) is 8.29. The summed E-state index contributed by atoms with van der Waals surface area (Å²) in [6.45, 7) is 6.88. The number of imidazole rings is 1. The number of aromatic nitrogens is 2. The van der Waals surface area contributed by atoms with Gasteiger partial charge in [0.05, 0.1) is 11.0 Å². The maximum atomic E-state index is 12.2. The molecule has 1 saturated heterocycles. The molecule has 0 radical (unpaired) electrons. The van der Waals surface area contributed by atoms with Gasteiger partial charge in [0.15, 0.2) is 0 Å². The van der Waals surface area contributed by atoms with Gasteiger partial charge < -0.3 is 14.6 Å². The number of H-pyrrole nitrogens is 1. The average Bonchev–Trinajstić information content (AvgIpc) is 2.88. The number of hydrogen-bond donors (Lipinski definition) is 1. The standard InChI is InChI=1S/C17H25N3O2/c1-2-22-13-5-10-19-11-8-14(9-12-19)20-16-7-4-3-6-15(16)18-17(20)21/h3-4,6-7,14H,2,5,8-13H2,1H3,(H,18,21). The van der Waals surface area contributed by atoms with Gasteiger partial charge in [-0.3, -0.25) is 4.57 Å². The number of nitrogens with one attached hydrogen (secondary N) is 1. The van der Waals surface area contributed by atoms with Crippen molar-refractivity contribution in [1.29, 1.82) is 0 Å². The van der Waals surface area contributed by atoms with E-state index >= 15 is 0 Å². The average molecular weight is 303 g/mol. The van der Waals surface area contributed by atoms with E-state index in [9.17, 15) is 4.79 Å². The molecule has 5 heteroatoms. The third-order valence-corrected chi connectivity index (χ3v) is 4.51. The molecular weight excluding hydrogens is 278 g/mol. The molecular formula is C17H25N3O2. The van der Waals surface area contributed by atoms with Crippen LogP contribution < -0.4 is 5.69 Å². The van der Waals surface area contributed by atoms with Crippen LogP contribution in [0.3, 0.4) is 0 Å². The third-order valence-electron chi connectivity index (χ3n) is 4.51. The molecule has 2 heterocycles. The van der Waals surface area contributed by atoms with Gasteiger partial charge in [0.2, 0.25) is 0 Å². The summed E-state index contributed by atoms with van der Waals surface area (Å²) in [6, 6.07) is 8.27. The van der Waals surface area contributed by atoms with Gasteiger partial charge in [0.25, 0.3) is 0 Å². The first kappa shape index (κ1) is 15.3. The summed E-state index contributed by atoms with van der Waals surface area (Å²) in [5.41, 5.74) is 1.99. The van der Waals surface area contributed by atoms with E-state index in [2.05, 4.69) is 9.88 Å². The second kappa shape index (κ2) is 7.11. The molecule has 1 aliphatic heterocycles. The van der Waals surface area contributed by atoms with Crippen LogP contribution in [0.15, 0.2) is 29.1 Å². The quantitative estimate of drug-likeness (QED) is 0.834. The lowest BCUT2D eigenvalue weighted by molar-refractivity contribution is 0.121. The van der Waals surface area contributed by atoms with E-state index in [4.69, 9.17) is 4.74 Å². The van der Waals surface area contributed by atoms with Crippen molar-refractivity contribution in [3.05, 3.63) is 34.7 Å². The van der Waals surface area contributed by atoms with Crippen LogP contribution >= 0.6 is 0 Å². The molecule has 0 amide bonds. The number of likely N-dealkylation sites (tertiary alicyclic amines) is 1. The molecule has 1 aliphatic rings. The Morgan fingerprint density at radius 2 is 2.05 bits per heavy atom. The Kier molecular flexibility index (Phi) is 4.95. The number of ether oxygens (including phenoxy) is 1. The van der Waals surface area contributed by atoms with Crippen molar-refractivity contribution in [2.45, 2.75) is 32.2 Å². The molecule has 120 valence electrons. The fourth-order valence-corrected chi connectivity index (χ4v) is 3.37. The summed E-state index contributed by atoms with van der Waals surface area (Å²) in [4.78, 5) is 17.7. The number of hydrogen-bond acceptors (Lipinski definition) is 3. The monoisotopic (exact) mass is 303 g/mol. The molecule has 0 spiro atoms. The molecule has 22 heavy (non-hydrogen) atoms. The maximum absolute atomic E-state index is 12.2. The van der Waals surface area contributed by atoms with Crippen molar-refractivity contribution in [2.24, 2.45) is 0 Å². The summed E-state index contributed by atoms with van der Waals surface area (Å²) in [5, 5.41) is 0. The lowest BCUT2D eigenvalue weighted by Crippen LogP contribution is -2.37. The highest BCUT2D eigenvalue weighted by atomic mass is 16.5. The van der Waals surface area contributed by atoms with Crippen LogP contribution in [-0.2, 0) is 4.74 Å². The van der Waals surface area contributed by atoms with E-state index in [0.29, 0.717) is 6.04 Å². The van der Waals surface area contributed by atoms with E-state index in [1.807, 2.05) is 35.8 Å². The number of aromatic amines is 1. The number of para-hydroxylation sites is 2. The van der Waals surface area contributed by atoms with Crippen LogP contribution in [0.4, 0.5) is 0 Å². The summed E-state index contributed by atoms with van der Waals surface area (Å²) in [7, 11) is 0. The van der Waals surface area contributed by atoms with Gasteiger partial charge in [0.1, 0.15) is 0 Å². The number of rotatable bonds is 6. The van der Waals surface area contributed by atoms with Crippen LogP contribution in [0.1, 0.15) is 32.2 Å².